The molecule has 0 aliphatic carbocycles. The molecule has 0 radical (unpaired) electrons. The van der Waals surface area contributed by atoms with Gasteiger partial charge in [0, 0.05) is 0 Å². The Morgan fingerprint density at radius 1 is 1.17 bits per heavy atom. The number of aryl methyl sites for hydroxylation is 1. The van der Waals surface area contributed by atoms with Crippen LogP contribution < -0.4 is 10.1 Å². The largest absolute Gasteiger partial charge is 0.489 e. The second-order valence-electron chi connectivity index (χ2n) is 5.67. The highest BCUT2D eigenvalue weighted by molar-refractivity contribution is 5.84. The van der Waals surface area contributed by atoms with Crippen LogP contribution in [0.2, 0.25) is 0 Å². The lowest BCUT2D eigenvalue weighted by atomic mass is 10.1. The number of carbonyl (C=O) groups excluding carboxylic acids is 1. The Hall–Kier alpha value is -2.82. The SMILES string of the molecule is Cc1ccccc1COc1cccc(CC(=O)N[C@H](C)C(=O)O)c1. The number of hydrogen-bond donors (Lipinski definition) is 2. The maximum atomic E-state index is 11.8. The summed E-state index contributed by atoms with van der Waals surface area (Å²) in [5.74, 6) is -0.713. The molecular formula is C19H21NO4. The van der Waals surface area contributed by atoms with E-state index in [2.05, 4.69) is 5.32 Å². The van der Waals surface area contributed by atoms with Crippen molar-refractivity contribution in [3.05, 3.63) is 65.2 Å². The fraction of sp³-hybridized carbons (Fsp3) is 0.263. The molecule has 2 rings (SSSR count). The minimum absolute atomic E-state index is 0.110. The van der Waals surface area contributed by atoms with Gasteiger partial charge in [-0.1, -0.05) is 36.4 Å². The lowest BCUT2D eigenvalue weighted by Crippen LogP contribution is -2.39. The summed E-state index contributed by atoms with van der Waals surface area (Å²) < 4.78 is 5.79. The van der Waals surface area contributed by atoms with Gasteiger partial charge in [-0.3, -0.25) is 9.59 Å². The lowest BCUT2D eigenvalue weighted by molar-refractivity contribution is -0.141. The summed E-state index contributed by atoms with van der Waals surface area (Å²) in [6.07, 6.45) is 0.110. The van der Waals surface area contributed by atoms with Crippen molar-refractivity contribution in [3.8, 4) is 5.75 Å². The molecule has 5 heteroatoms. The minimum Gasteiger partial charge on any atom is -0.489 e. The topological polar surface area (TPSA) is 75.6 Å². The molecule has 2 aromatic carbocycles. The first kappa shape index (κ1) is 17.5. The fourth-order valence-corrected chi connectivity index (χ4v) is 2.22. The van der Waals surface area contributed by atoms with Crippen molar-refractivity contribution >= 4 is 11.9 Å². The molecule has 0 bridgehead atoms. The van der Waals surface area contributed by atoms with Gasteiger partial charge in [0.05, 0.1) is 6.42 Å². The van der Waals surface area contributed by atoms with Gasteiger partial charge in [-0.05, 0) is 42.7 Å². The van der Waals surface area contributed by atoms with E-state index in [0.717, 1.165) is 16.7 Å². The van der Waals surface area contributed by atoms with Crippen molar-refractivity contribution in [2.45, 2.75) is 32.9 Å². The van der Waals surface area contributed by atoms with Crippen molar-refractivity contribution in [1.29, 1.82) is 0 Å². The molecule has 0 saturated carbocycles. The van der Waals surface area contributed by atoms with E-state index in [-0.39, 0.29) is 12.3 Å². The summed E-state index contributed by atoms with van der Waals surface area (Å²) in [6, 6.07) is 14.3. The van der Waals surface area contributed by atoms with E-state index in [1.807, 2.05) is 49.4 Å². The van der Waals surface area contributed by atoms with Crippen molar-refractivity contribution in [1.82, 2.24) is 5.32 Å². The van der Waals surface area contributed by atoms with Gasteiger partial charge >= 0.3 is 5.97 Å². The molecule has 0 fully saturated rings. The average Bonchev–Trinajstić information content (AvgIpc) is 2.54. The molecule has 2 aromatic rings. The summed E-state index contributed by atoms with van der Waals surface area (Å²) in [4.78, 5) is 22.6. The number of benzene rings is 2. The van der Waals surface area contributed by atoms with Crippen LogP contribution >= 0.6 is 0 Å². The predicted octanol–water partition coefficient (Wildman–Crippen LogP) is 2.71. The van der Waals surface area contributed by atoms with E-state index in [4.69, 9.17) is 9.84 Å². The molecule has 1 atom stereocenters. The molecular weight excluding hydrogens is 306 g/mol. The lowest BCUT2D eigenvalue weighted by Gasteiger charge is -2.11. The molecule has 0 unspecified atom stereocenters. The highest BCUT2D eigenvalue weighted by Crippen LogP contribution is 2.17. The maximum Gasteiger partial charge on any atom is 0.325 e. The van der Waals surface area contributed by atoms with E-state index in [0.29, 0.717) is 12.4 Å². The van der Waals surface area contributed by atoms with Gasteiger partial charge in [-0.2, -0.15) is 0 Å². The van der Waals surface area contributed by atoms with Crippen LogP contribution in [0.3, 0.4) is 0 Å². The van der Waals surface area contributed by atoms with Gasteiger partial charge in [0.25, 0.3) is 0 Å². The first-order chi connectivity index (χ1) is 11.5. The second kappa shape index (κ2) is 8.15. The number of carboxylic acid groups (broad SMARTS) is 1. The second-order valence-corrected chi connectivity index (χ2v) is 5.67. The molecule has 0 saturated heterocycles. The number of aliphatic carboxylic acids is 1. The van der Waals surface area contributed by atoms with Crippen LogP contribution in [0.15, 0.2) is 48.5 Å². The van der Waals surface area contributed by atoms with Crippen LogP contribution in [0.5, 0.6) is 5.75 Å². The van der Waals surface area contributed by atoms with E-state index >= 15 is 0 Å². The molecule has 1 amide bonds. The van der Waals surface area contributed by atoms with E-state index in [1.54, 1.807) is 6.07 Å². The first-order valence-corrected chi connectivity index (χ1v) is 7.74. The number of carbonyl (C=O) groups is 2. The van der Waals surface area contributed by atoms with Gasteiger partial charge in [0.1, 0.15) is 18.4 Å². The third-order valence-corrected chi connectivity index (χ3v) is 3.67. The number of hydrogen-bond acceptors (Lipinski definition) is 3. The molecule has 0 aliphatic rings. The van der Waals surface area contributed by atoms with Crippen molar-refractivity contribution in [3.63, 3.8) is 0 Å². The Bertz CT molecular complexity index is 727. The van der Waals surface area contributed by atoms with Gasteiger partial charge in [-0.25, -0.2) is 0 Å². The summed E-state index contributed by atoms with van der Waals surface area (Å²) >= 11 is 0. The van der Waals surface area contributed by atoms with Crippen molar-refractivity contribution < 1.29 is 19.4 Å². The third-order valence-electron chi connectivity index (χ3n) is 3.67. The van der Waals surface area contributed by atoms with Crippen LogP contribution in [-0.4, -0.2) is 23.0 Å². The Morgan fingerprint density at radius 2 is 1.92 bits per heavy atom. The number of ether oxygens (including phenoxy) is 1. The molecule has 126 valence electrons. The van der Waals surface area contributed by atoms with E-state index < -0.39 is 12.0 Å². The number of carboxylic acids is 1. The Labute approximate surface area is 141 Å². The number of amides is 1. The smallest absolute Gasteiger partial charge is 0.325 e. The summed E-state index contributed by atoms with van der Waals surface area (Å²) in [7, 11) is 0. The number of rotatable bonds is 7. The van der Waals surface area contributed by atoms with Crippen molar-refractivity contribution in [2.24, 2.45) is 0 Å². The normalized spacial score (nSPS) is 11.6. The highest BCUT2D eigenvalue weighted by atomic mass is 16.5. The zero-order valence-electron chi connectivity index (χ0n) is 13.8. The van der Waals surface area contributed by atoms with Crippen LogP contribution in [-0.2, 0) is 22.6 Å². The molecule has 5 nitrogen and oxygen atoms in total. The molecule has 0 spiro atoms. The molecule has 24 heavy (non-hydrogen) atoms. The Kier molecular flexibility index (Phi) is 5.95. The highest BCUT2D eigenvalue weighted by Gasteiger charge is 2.14. The standard InChI is InChI=1S/C19H21NO4/c1-13-6-3-4-8-16(13)12-24-17-9-5-7-15(10-17)11-18(21)20-14(2)19(22)23/h3-10,14H,11-12H2,1-2H3,(H,20,21)(H,22,23)/t14-/m1/s1. The molecule has 0 aliphatic heterocycles. The quantitative estimate of drug-likeness (QED) is 0.820. The predicted molar refractivity (Wildman–Crippen MR) is 90.9 cm³/mol. The van der Waals surface area contributed by atoms with Crippen LogP contribution in [0.4, 0.5) is 0 Å². The summed E-state index contributed by atoms with van der Waals surface area (Å²) in [6.45, 7) is 3.92. The summed E-state index contributed by atoms with van der Waals surface area (Å²) in [5, 5.41) is 11.2. The minimum atomic E-state index is -1.06. The zero-order valence-corrected chi connectivity index (χ0v) is 13.8. The van der Waals surface area contributed by atoms with Gasteiger partial charge in [0.2, 0.25) is 5.91 Å². The average molecular weight is 327 g/mol. The number of nitrogens with one attached hydrogen (secondary N) is 1. The third kappa shape index (κ3) is 5.12. The maximum absolute atomic E-state index is 11.8. The van der Waals surface area contributed by atoms with E-state index in [1.165, 1.54) is 6.92 Å². The molecule has 2 N–H and O–H groups in total. The summed E-state index contributed by atoms with van der Waals surface area (Å²) in [5.41, 5.74) is 3.04. The Balaban J connectivity index is 1.95. The fourth-order valence-electron chi connectivity index (χ4n) is 2.22. The molecule has 0 heterocycles. The zero-order chi connectivity index (χ0) is 17.5. The van der Waals surface area contributed by atoms with Gasteiger partial charge in [0.15, 0.2) is 0 Å². The first-order valence-electron chi connectivity index (χ1n) is 7.74. The molecule has 0 aromatic heterocycles. The van der Waals surface area contributed by atoms with Crippen LogP contribution in [0, 0.1) is 6.92 Å². The van der Waals surface area contributed by atoms with E-state index in [9.17, 15) is 9.59 Å². The van der Waals surface area contributed by atoms with Gasteiger partial charge in [-0.15, -0.1) is 0 Å². The van der Waals surface area contributed by atoms with Crippen LogP contribution in [0.25, 0.3) is 0 Å². The van der Waals surface area contributed by atoms with Gasteiger partial charge < -0.3 is 15.2 Å². The Morgan fingerprint density at radius 3 is 2.62 bits per heavy atom. The van der Waals surface area contributed by atoms with Crippen LogP contribution in [0.1, 0.15) is 23.6 Å². The monoisotopic (exact) mass is 327 g/mol. The van der Waals surface area contributed by atoms with Crippen molar-refractivity contribution in [2.75, 3.05) is 0 Å².